The Morgan fingerprint density at radius 1 is 1.08 bits per heavy atom. The highest BCUT2D eigenvalue weighted by Gasteiger charge is 2.16. The first-order valence-corrected chi connectivity index (χ1v) is 8.10. The van der Waals surface area contributed by atoms with Crippen molar-refractivity contribution in [1.29, 1.82) is 0 Å². The van der Waals surface area contributed by atoms with Crippen molar-refractivity contribution < 1.29 is 42.8 Å². The maximum atomic E-state index is 5.42. The molecule has 0 aliphatic carbocycles. The lowest BCUT2D eigenvalue weighted by Gasteiger charge is -1.97. The summed E-state index contributed by atoms with van der Waals surface area (Å²) in [6, 6.07) is 12.1. The maximum absolute atomic E-state index is 5.42. The first kappa shape index (κ1) is 17.0. The number of benzene rings is 2. The number of methoxy groups -OCH3 is 1. The average molecular weight is 453 g/mol. The average Bonchev–Trinajstić information content (AvgIpc) is 3.17. The van der Waals surface area contributed by atoms with E-state index in [1.807, 2.05) is 24.3 Å². The SMILES string of the molecule is COc1ccc2sc(/C=C/c3ccc4c(c3)OCO4)[n+](C)c2c1.[I-]. The van der Waals surface area contributed by atoms with Crippen molar-refractivity contribution in [1.82, 2.24) is 0 Å². The van der Waals surface area contributed by atoms with Crippen molar-refractivity contribution in [3.63, 3.8) is 0 Å². The Balaban J connectivity index is 0.00000169. The summed E-state index contributed by atoms with van der Waals surface area (Å²) >= 11 is 1.75. The number of hydrogen-bond donors (Lipinski definition) is 0. The molecule has 3 aromatic rings. The molecule has 0 atom stereocenters. The van der Waals surface area contributed by atoms with E-state index >= 15 is 0 Å². The Morgan fingerprint density at radius 3 is 2.75 bits per heavy atom. The smallest absolute Gasteiger partial charge is 0.262 e. The van der Waals surface area contributed by atoms with Crippen molar-refractivity contribution in [2.45, 2.75) is 0 Å². The standard InChI is InChI=1S/C18H16NO3S.HI/c1-19-14-10-13(20-2)5-7-17(14)23-18(19)8-4-12-3-6-15-16(9-12)22-11-21-15;/h3-10H,11H2,1-2H3;1H/q+1;/p-1/b8-4+;. The molecule has 4 nitrogen and oxygen atoms in total. The van der Waals surface area contributed by atoms with E-state index in [0.29, 0.717) is 6.79 Å². The Morgan fingerprint density at radius 2 is 1.92 bits per heavy atom. The molecule has 0 N–H and O–H groups in total. The van der Waals surface area contributed by atoms with Gasteiger partial charge in [0, 0.05) is 6.08 Å². The fourth-order valence-electron chi connectivity index (χ4n) is 2.60. The molecule has 124 valence electrons. The number of fused-ring (bicyclic) bond motifs is 2. The second-order valence-electron chi connectivity index (χ2n) is 5.28. The van der Waals surface area contributed by atoms with Crippen LogP contribution in [0.5, 0.6) is 17.2 Å². The highest BCUT2D eigenvalue weighted by molar-refractivity contribution is 7.18. The molecule has 0 bridgehead atoms. The first-order chi connectivity index (χ1) is 11.2. The van der Waals surface area contributed by atoms with Crippen molar-refractivity contribution in [3.8, 4) is 17.2 Å². The van der Waals surface area contributed by atoms with E-state index in [0.717, 1.165) is 22.8 Å². The van der Waals surface area contributed by atoms with Gasteiger partial charge in [0.2, 0.25) is 12.3 Å². The Bertz CT molecular complexity index is 920. The molecule has 0 saturated carbocycles. The summed E-state index contributed by atoms with van der Waals surface area (Å²) in [7, 11) is 3.76. The third-order valence-electron chi connectivity index (χ3n) is 3.89. The number of thiazole rings is 1. The van der Waals surface area contributed by atoms with Gasteiger partial charge in [-0.1, -0.05) is 17.4 Å². The molecule has 1 aromatic heterocycles. The summed E-state index contributed by atoms with van der Waals surface area (Å²) in [4.78, 5) is 0. The van der Waals surface area contributed by atoms with Gasteiger partial charge < -0.3 is 38.2 Å². The number of rotatable bonds is 3. The minimum atomic E-state index is 0. The summed E-state index contributed by atoms with van der Waals surface area (Å²) < 4.78 is 19.5. The molecule has 0 saturated heterocycles. The number of nitrogens with zero attached hydrogens (tertiary/aromatic N) is 1. The van der Waals surface area contributed by atoms with Crippen LogP contribution in [-0.4, -0.2) is 13.9 Å². The Hall–Kier alpha value is -1.80. The predicted octanol–water partition coefficient (Wildman–Crippen LogP) is 0.637. The normalized spacial score (nSPS) is 12.6. The summed E-state index contributed by atoms with van der Waals surface area (Å²) in [6.07, 6.45) is 4.21. The zero-order valence-corrected chi connectivity index (χ0v) is 16.3. The van der Waals surface area contributed by atoms with Crippen molar-refractivity contribution in [2.24, 2.45) is 7.05 Å². The molecule has 0 unspecified atom stereocenters. The Kier molecular flexibility index (Phi) is 4.96. The van der Waals surface area contributed by atoms with Gasteiger partial charge in [-0.2, -0.15) is 4.57 Å². The largest absolute Gasteiger partial charge is 1.00 e. The van der Waals surface area contributed by atoms with Gasteiger partial charge in [-0.15, -0.1) is 0 Å². The predicted molar refractivity (Wildman–Crippen MR) is 91.0 cm³/mol. The number of ether oxygens (including phenoxy) is 3. The van der Waals surface area contributed by atoms with Gasteiger partial charge in [0.1, 0.15) is 17.5 Å². The second-order valence-corrected chi connectivity index (χ2v) is 6.34. The summed E-state index contributed by atoms with van der Waals surface area (Å²) in [5.41, 5.74) is 2.25. The lowest BCUT2D eigenvalue weighted by Crippen LogP contribution is -3.00. The fraction of sp³-hybridized carbons (Fsp3) is 0.167. The fourth-order valence-corrected chi connectivity index (χ4v) is 3.64. The van der Waals surface area contributed by atoms with Crippen LogP contribution in [0.2, 0.25) is 0 Å². The zero-order valence-electron chi connectivity index (χ0n) is 13.3. The molecule has 24 heavy (non-hydrogen) atoms. The topological polar surface area (TPSA) is 31.6 Å². The lowest BCUT2D eigenvalue weighted by molar-refractivity contribution is -0.642. The van der Waals surface area contributed by atoms with Gasteiger partial charge in [0.25, 0.3) is 5.01 Å². The van der Waals surface area contributed by atoms with E-state index in [2.05, 4.69) is 35.9 Å². The third-order valence-corrected chi connectivity index (χ3v) is 5.07. The molecule has 0 amide bonds. The van der Waals surface area contributed by atoms with Gasteiger partial charge in [-0.05, 0) is 35.9 Å². The van der Waals surface area contributed by atoms with E-state index < -0.39 is 0 Å². The number of halogens is 1. The summed E-state index contributed by atoms with van der Waals surface area (Å²) in [6.45, 7) is 0.301. The van der Waals surface area contributed by atoms with E-state index in [-0.39, 0.29) is 24.0 Å². The molecular weight excluding hydrogens is 437 g/mol. The van der Waals surface area contributed by atoms with Crippen LogP contribution < -0.4 is 42.8 Å². The van der Waals surface area contributed by atoms with Crippen molar-refractivity contribution >= 4 is 33.7 Å². The van der Waals surface area contributed by atoms with Crippen molar-refractivity contribution in [3.05, 3.63) is 47.0 Å². The summed E-state index contributed by atoms with van der Waals surface area (Å²) in [5, 5.41) is 1.17. The summed E-state index contributed by atoms with van der Waals surface area (Å²) in [5.74, 6) is 2.48. The Labute approximate surface area is 161 Å². The molecular formula is C18H16INO3S. The molecule has 6 heteroatoms. The maximum Gasteiger partial charge on any atom is 0.262 e. The lowest BCUT2D eigenvalue weighted by atomic mass is 10.2. The number of aromatic nitrogens is 1. The van der Waals surface area contributed by atoms with Crippen LogP contribution in [0.4, 0.5) is 0 Å². The quantitative estimate of drug-likeness (QED) is 0.431. The zero-order chi connectivity index (χ0) is 15.8. The van der Waals surface area contributed by atoms with Crippen molar-refractivity contribution in [2.75, 3.05) is 13.9 Å². The number of aryl methyl sites for hydroxylation is 1. The minimum Gasteiger partial charge on any atom is -1.00 e. The van der Waals surface area contributed by atoms with Crippen LogP contribution in [0.1, 0.15) is 10.6 Å². The minimum absolute atomic E-state index is 0. The third kappa shape index (κ3) is 3.08. The molecule has 2 heterocycles. The molecule has 2 aromatic carbocycles. The van der Waals surface area contributed by atoms with Gasteiger partial charge in [0.15, 0.2) is 11.5 Å². The molecule has 0 fully saturated rings. The molecule has 4 rings (SSSR count). The van der Waals surface area contributed by atoms with Crippen LogP contribution in [0.25, 0.3) is 22.4 Å². The van der Waals surface area contributed by atoms with Crippen LogP contribution in [-0.2, 0) is 7.05 Å². The van der Waals surface area contributed by atoms with E-state index in [4.69, 9.17) is 14.2 Å². The van der Waals surface area contributed by atoms with Crippen LogP contribution in [0.15, 0.2) is 36.4 Å². The highest BCUT2D eigenvalue weighted by Crippen LogP contribution is 2.33. The van der Waals surface area contributed by atoms with Gasteiger partial charge in [-0.25, -0.2) is 0 Å². The van der Waals surface area contributed by atoms with Crippen LogP contribution >= 0.6 is 11.3 Å². The van der Waals surface area contributed by atoms with E-state index in [1.165, 1.54) is 15.2 Å². The van der Waals surface area contributed by atoms with Crippen LogP contribution in [0.3, 0.4) is 0 Å². The van der Waals surface area contributed by atoms with E-state index in [9.17, 15) is 0 Å². The number of hydrogen-bond acceptors (Lipinski definition) is 4. The first-order valence-electron chi connectivity index (χ1n) is 7.29. The van der Waals surface area contributed by atoms with Gasteiger partial charge in [-0.3, -0.25) is 0 Å². The highest BCUT2D eigenvalue weighted by atomic mass is 127. The molecule has 0 radical (unpaired) electrons. The monoisotopic (exact) mass is 453 g/mol. The second kappa shape index (κ2) is 6.98. The van der Waals surface area contributed by atoms with E-state index in [1.54, 1.807) is 18.4 Å². The van der Waals surface area contributed by atoms with Gasteiger partial charge >= 0.3 is 0 Å². The van der Waals surface area contributed by atoms with Crippen LogP contribution in [0, 0.1) is 0 Å². The molecule has 1 aliphatic rings. The molecule has 0 spiro atoms. The van der Waals surface area contributed by atoms with Gasteiger partial charge in [0.05, 0.1) is 13.2 Å². The molecule has 1 aliphatic heterocycles.